The molecule has 10 atom stereocenters. The van der Waals surface area contributed by atoms with Crippen molar-refractivity contribution in [1.29, 1.82) is 0 Å². The van der Waals surface area contributed by atoms with E-state index in [-0.39, 0.29) is 28.8 Å². The van der Waals surface area contributed by atoms with Crippen LogP contribution in [0.25, 0.3) is 0 Å². The lowest BCUT2D eigenvalue weighted by Gasteiger charge is -2.62. The van der Waals surface area contributed by atoms with Crippen LogP contribution in [-0.2, 0) is 4.79 Å². The van der Waals surface area contributed by atoms with Gasteiger partial charge < -0.3 is 15.3 Å². The van der Waals surface area contributed by atoms with E-state index in [1.54, 1.807) is 0 Å². The standard InChI is InChI=1S/C22H36O4/c1-12(20(25)26)16-6-7-17-15-5-4-13-10-14(23)8-9-21(13,2)18(15)11-19(24)22(16,17)3/h12-19,23-24H,4-11H2,1-3H3,(H,25,26)/t12-,13+,14+,15?,16+,17?,18?,19-,21-,22+/m0/s1. The van der Waals surface area contributed by atoms with E-state index in [0.29, 0.717) is 23.7 Å². The second-order valence-corrected chi connectivity index (χ2v) is 10.5. The number of hydrogen-bond donors (Lipinski definition) is 3. The molecule has 3 unspecified atom stereocenters. The van der Waals surface area contributed by atoms with Gasteiger partial charge in [0.15, 0.2) is 0 Å². The van der Waals surface area contributed by atoms with E-state index in [1.165, 1.54) is 12.8 Å². The van der Waals surface area contributed by atoms with Crippen LogP contribution in [0.5, 0.6) is 0 Å². The number of rotatable bonds is 2. The minimum absolute atomic E-state index is 0.0830. The first-order valence-corrected chi connectivity index (χ1v) is 10.8. The Labute approximate surface area is 157 Å². The van der Waals surface area contributed by atoms with Crippen LogP contribution in [0.15, 0.2) is 0 Å². The van der Waals surface area contributed by atoms with Gasteiger partial charge in [-0.1, -0.05) is 20.8 Å². The smallest absolute Gasteiger partial charge is 0.306 e. The third kappa shape index (κ3) is 2.44. The Morgan fingerprint density at radius 1 is 1.00 bits per heavy atom. The molecule has 0 saturated heterocycles. The van der Waals surface area contributed by atoms with Crippen molar-refractivity contribution < 1.29 is 20.1 Å². The van der Waals surface area contributed by atoms with Crippen molar-refractivity contribution in [3.05, 3.63) is 0 Å². The van der Waals surface area contributed by atoms with Gasteiger partial charge in [0, 0.05) is 5.41 Å². The number of aliphatic hydroxyl groups excluding tert-OH is 2. The van der Waals surface area contributed by atoms with Gasteiger partial charge in [0.1, 0.15) is 0 Å². The van der Waals surface area contributed by atoms with Crippen molar-refractivity contribution in [3.8, 4) is 0 Å². The maximum Gasteiger partial charge on any atom is 0.306 e. The predicted molar refractivity (Wildman–Crippen MR) is 99.4 cm³/mol. The van der Waals surface area contributed by atoms with Crippen molar-refractivity contribution in [2.24, 2.45) is 46.3 Å². The summed E-state index contributed by atoms with van der Waals surface area (Å²) in [5, 5.41) is 31.0. The summed E-state index contributed by atoms with van der Waals surface area (Å²) in [6, 6.07) is 0. The van der Waals surface area contributed by atoms with Crippen LogP contribution in [0, 0.1) is 46.3 Å². The number of hydrogen-bond acceptors (Lipinski definition) is 3. The third-order valence-corrected chi connectivity index (χ3v) is 9.81. The van der Waals surface area contributed by atoms with Gasteiger partial charge in [-0.05, 0) is 86.4 Å². The van der Waals surface area contributed by atoms with Crippen molar-refractivity contribution in [3.63, 3.8) is 0 Å². The summed E-state index contributed by atoms with van der Waals surface area (Å²) in [5.74, 6) is 1.16. The highest BCUT2D eigenvalue weighted by Gasteiger charge is 2.64. The lowest BCUT2D eigenvalue weighted by Crippen LogP contribution is -2.59. The normalized spacial score (nSPS) is 54.7. The summed E-state index contributed by atoms with van der Waals surface area (Å²) in [7, 11) is 0. The lowest BCUT2D eigenvalue weighted by molar-refractivity contribution is -0.178. The van der Waals surface area contributed by atoms with Crippen molar-refractivity contribution in [1.82, 2.24) is 0 Å². The van der Waals surface area contributed by atoms with Crippen LogP contribution in [0.2, 0.25) is 0 Å². The summed E-state index contributed by atoms with van der Waals surface area (Å²) in [6.45, 7) is 6.44. The van der Waals surface area contributed by atoms with E-state index in [2.05, 4.69) is 13.8 Å². The zero-order valence-corrected chi connectivity index (χ0v) is 16.5. The highest BCUT2D eigenvalue weighted by molar-refractivity contribution is 5.70. The molecule has 4 fully saturated rings. The van der Waals surface area contributed by atoms with E-state index in [4.69, 9.17) is 0 Å². The van der Waals surface area contributed by atoms with Gasteiger partial charge in [-0.2, -0.15) is 0 Å². The van der Waals surface area contributed by atoms with Gasteiger partial charge in [-0.15, -0.1) is 0 Å². The molecule has 4 rings (SSSR count). The van der Waals surface area contributed by atoms with Crippen LogP contribution in [0.1, 0.15) is 72.1 Å². The number of carbonyl (C=O) groups is 1. The molecule has 3 N–H and O–H groups in total. The van der Waals surface area contributed by atoms with Gasteiger partial charge >= 0.3 is 5.97 Å². The van der Waals surface area contributed by atoms with Gasteiger partial charge in [0.2, 0.25) is 0 Å². The topological polar surface area (TPSA) is 77.8 Å². The first-order chi connectivity index (χ1) is 12.2. The first kappa shape index (κ1) is 18.7. The van der Waals surface area contributed by atoms with E-state index in [9.17, 15) is 20.1 Å². The molecule has 0 bridgehead atoms. The molecule has 26 heavy (non-hydrogen) atoms. The Kier molecular flexibility index (Phi) is 4.47. The van der Waals surface area contributed by atoms with Gasteiger partial charge in [-0.25, -0.2) is 0 Å². The number of carboxylic acids is 1. The van der Waals surface area contributed by atoms with E-state index in [0.717, 1.165) is 38.5 Å². The average molecular weight is 365 g/mol. The minimum Gasteiger partial charge on any atom is -0.481 e. The molecule has 4 saturated carbocycles. The van der Waals surface area contributed by atoms with E-state index in [1.807, 2.05) is 6.92 Å². The lowest BCUT2D eigenvalue weighted by atomic mass is 9.43. The maximum absolute atomic E-state index is 11.7. The van der Waals surface area contributed by atoms with E-state index >= 15 is 0 Å². The Bertz CT molecular complexity index is 576. The van der Waals surface area contributed by atoms with Crippen molar-refractivity contribution >= 4 is 5.97 Å². The van der Waals surface area contributed by atoms with Crippen LogP contribution in [0.4, 0.5) is 0 Å². The molecule has 0 aromatic heterocycles. The molecule has 0 spiro atoms. The largest absolute Gasteiger partial charge is 0.481 e. The van der Waals surface area contributed by atoms with Gasteiger partial charge in [0.05, 0.1) is 18.1 Å². The fraction of sp³-hybridized carbons (Fsp3) is 0.955. The van der Waals surface area contributed by atoms with Crippen LogP contribution < -0.4 is 0 Å². The zero-order chi connectivity index (χ0) is 18.9. The third-order valence-electron chi connectivity index (χ3n) is 9.81. The monoisotopic (exact) mass is 364 g/mol. The molecule has 0 aliphatic heterocycles. The Morgan fingerprint density at radius 2 is 1.73 bits per heavy atom. The number of aliphatic hydroxyl groups is 2. The number of fused-ring (bicyclic) bond motifs is 5. The fourth-order valence-electron chi connectivity index (χ4n) is 8.22. The predicted octanol–water partition coefficient (Wildman–Crippen LogP) is 3.70. The van der Waals surface area contributed by atoms with Crippen LogP contribution in [-0.4, -0.2) is 33.5 Å². The quantitative estimate of drug-likeness (QED) is 0.698. The highest BCUT2D eigenvalue weighted by atomic mass is 16.4. The van der Waals surface area contributed by atoms with Gasteiger partial charge in [-0.3, -0.25) is 4.79 Å². The molecule has 0 aromatic carbocycles. The maximum atomic E-state index is 11.7. The van der Waals surface area contributed by atoms with Gasteiger partial charge in [0.25, 0.3) is 0 Å². The molecule has 4 heteroatoms. The van der Waals surface area contributed by atoms with Crippen molar-refractivity contribution in [2.45, 2.75) is 84.3 Å². The molecule has 4 aliphatic rings. The minimum atomic E-state index is -0.719. The summed E-state index contributed by atoms with van der Waals surface area (Å²) in [6.07, 6.45) is 7.57. The summed E-state index contributed by atoms with van der Waals surface area (Å²) in [5.41, 5.74) is -0.0166. The summed E-state index contributed by atoms with van der Waals surface area (Å²) >= 11 is 0. The Hall–Kier alpha value is -0.610. The van der Waals surface area contributed by atoms with Crippen LogP contribution >= 0.6 is 0 Å². The number of aliphatic carboxylic acids is 1. The van der Waals surface area contributed by atoms with Crippen molar-refractivity contribution in [2.75, 3.05) is 0 Å². The Morgan fingerprint density at radius 3 is 2.42 bits per heavy atom. The number of carboxylic acid groups (broad SMARTS) is 1. The molecule has 0 heterocycles. The summed E-state index contributed by atoms with van der Waals surface area (Å²) in [4.78, 5) is 11.7. The molecule has 4 aliphatic carbocycles. The summed E-state index contributed by atoms with van der Waals surface area (Å²) < 4.78 is 0. The zero-order valence-electron chi connectivity index (χ0n) is 16.5. The van der Waals surface area contributed by atoms with Crippen LogP contribution in [0.3, 0.4) is 0 Å². The molecular weight excluding hydrogens is 328 g/mol. The molecular formula is C22H36O4. The second kappa shape index (κ2) is 6.20. The Balaban J connectivity index is 1.64. The SMILES string of the molecule is C[C@H](C(=O)O)[C@H]1CCC2C3CC[C@@H]4C[C@H](O)CC[C@]4(C)C3C[C@H](O)[C@@]21C. The average Bonchev–Trinajstić information content (AvgIpc) is 2.94. The molecule has 4 nitrogen and oxygen atoms in total. The second-order valence-electron chi connectivity index (χ2n) is 10.5. The molecule has 0 radical (unpaired) electrons. The first-order valence-electron chi connectivity index (χ1n) is 10.8. The fourth-order valence-corrected chi connectivity index (χ4v) is 8.22. The molecule has 148 valence electrons. The molecule has 0 amide bonds. The highest BCUT2D eigenvalue weighted by Crippen LogP contribution is 2.68. The van der Waals surface area contributed by atoms with E-state index < -0.39 is 12.1 Å². The molecule has 0 aromatic rings.